The minimum atomic E-state index is -0.519. The van der Waals surface area contributed by atoms with Crippen molar-refractivity contribution in [1.82, 2.24) is 4.98 Å². The maximum absolute atomic E-state index is 5.88. The minimum absolute atomic E-state index is 0.0772. The lowest BCUT2D eigenvalue weighted by molar-refractivity contribution is 0.865. The van der Waals surface area contributed by atoms with E-state index in [1.807, 2.05) is 0 Å². The summed E-state index contributed by atoms with van der Waals surface area (Å²) in [5.41, 5.74) is 6.02. The van der Waals surface area contributed by atoms with Crippen LogP contribution in [0.3, 0.4) is 0 Å². The Morgan fingerprint density at radius 2 is 1.71 bits per heavy atom. The molecule has 1 rings (SSSR count). The van der Waals surface area contributed by atoms with Gasteiger partial charge in [0.05, 0.1) is 26.8 Å². The zero-order chi connectivity index (χ0) is 10.9. The number of pyridine rings is 1. The number of aromatic nitrogens is 1. The molecule has 0 bridgehead atoms. The SMILES string of the molecule is C=C[C@H](N)c1nc(Cl)c(Cl)c(Cl)c1Cl. The lowest BCUT2D eigenvalue weighted by Gasteiger charge is -2.10. The molecule has 1 aromatic heterocycles. The quantitative estimate of drug-likeness (QED) is 0.655. The molecule has 0 saturated heterocycles. The summed E-state index contributed by atoms with van der Waals surface area (Å²) < 4.78 is 0. The van der Waals surface area contributed by atoms with Gasteiger partial charge in [0.2, 0.25) is 0 Å². The standard InChI is InChI=1S/C8H6Cl4N2/c1-2-3(13)7-5(10)4(9)6(11)8(12)14-7/h2-3H,1,13H2/t3-/m0/s1. The summed E-state index contributed by atoms with van der Waals surface area (Å²) in [4.78, 5) is 3.92. The number of hydrogen-bond acceptors (Lipinski definition) is 2. The first-order valence-electron chi connectivity index (χ1n) is 3.57. The smallest absolute Gasteiger partial charge is 0.149 e. The Kier molecular flexibility index (Phi) is 4.04. The second-order valence-corrected chi connectivity index (χ2v) is 3.98. The van der Waals surface area contributed by atoms with E-state index < -0.39 is 6.04 Å². The van der Waals surface area contributed by atoms with Crippen LogP contribution in [-0.4, -0.2) is 4.98 Å². The zero-order valence-corrected chi connectivity index (χ0v) is 9.92. The fourth-order valence-electron chi connectivity index (χ4n) is 0.836. The molecule has 2 nitrogen and oxygen atoms in total. The summed E-state index contributed by atoms with van der Waals surface area (Å²) in [5.74, 6) is 0. The second kappa shape index (κ2) is 4.69. The zero-order valence-electron chi connectivity index (χ0n) is 6.90. The summed E-state index contributed by atoms with van der Waals surface area (Å²) in [5, 5.41) is 0.556. The van der Waals surface area contributed by atoms with Gasteiger partial charge in [0, 0.05) is 0 Å². The van der Waals surface area contributed by atoms with Gasteiger partial charge in [0.15, 0.2) is 0 Å². The van der Waals surface area contributed by atoms with Gasteiger partial charge in [-0.15, -0.1) is 6.58 Å². The van der Waals surface area contributed by atoms with E-state index in [9.17, 15) is 0 Å². The summed E-state index contributed by atoms with van der Waals surface area (Å²) in [6, 6.07) is -0.519. The van der Waals surface area contributed by atoms with Crippen molar-refractivity contribution in [2.24, 2.45) is 5.73 Å². The molecule has 2 N–H and O–H groups in total. The molecule has 0 saturated carbocycles. The molecule has 0 unspecified atom stereocenters. The van der Waals surface area contributed by atoms with E-state index in [1.54, 1.807) is 0 Å². The normalized spacial score (nSPS) is 12.6. The van der Waals surface area contributed by atoms with Gasteiger partial charge in [-0.1, -0.05) is 52.5 Å². The predicted octanol–water partition coefficient (Wildman–Crippen LogP) is 3.88. The molecule has 0 aromatic carbocycles. The van der Waals surface area contributed by atoms with Gasteiger partial charge in [-0.25, -0.2) is 4.98 Å². The number of halogens is 4. The molecule has 14 heavy (non-hydrogen) atoms. The van der Waals surface area contributed by atoms with E-state index in [0.29, 0.717) is 5.69 Å². The maximum atomic E-state index is 5.88. The number of rotatable bonds is 2. The van der Waals surface area contributed by atoms with Gasteiger partial charge in [0.1, 0.15) is 5.15 Å². The van der Waals surface area contributed by atoms with Crippen LogP contribution in [0.25, 0.3) is 0 Å². The van der Waals surface area contributed by atoms with E-state index in [2.05, 4.69) is 11.6 Å². The summed E-state index contributed by atoms with van der Waals surface area (Å²) in [7, 11) is 0. The fourth-order valence-corrected chi connectivity index (χ4v) is 1.70. The van der Waals surface area contributed by atoms with Crippen molar-refractivity contribution < 1.29 is 0 Å². The minimum Gasteiger partial charge on any atom is -0.319 e. The van der Waals surface area contributed by atoms with Gasteiger partial charge in [-0.05, 0) is 0 Å². The van der Waals surface area contributed by atoms with Crippen LogP contribution in [0.2, 0.25) is 20.2 Å². The molecule has 0 aliphatic carbocycles. The summed E-state index contributed by atoms with van der Waals surface area (Å²) in [6.07, 6.45) is 1.48. The molecular formula is C8H6Cl4N2. The molecular weight excluding hydrogens is 266 g/mol. The third-order valence-corrected chi connectivity index (χ3v) is 3.27. The first-order valence-corrected chi connectivity index (χ1v) is 5.08. The molecule has 1 atom stereocenters. The van der Waals surface area contributed by atoms with Crippen molar-refractivity contribution in [2.75, 3.05) is 0 Å². The Balaban J connectivity index is 3.40. The Morgan fingerprint density at radius 1 is 1.14 bits per heavy atom. The van der Waals surface area contributed by atoms with Crippen LogP contribution in [0, 0.1) is 0 Å². The van der Waals surface area contributed by atoms with Crippen molar-refractivity contribution >= 4 is 46.4 Å². The monoisotopic (exact) mass is 270 g/mol. The average Bonchev–Trinajstić information content (AvgIpc) is 2.19. The van der Waals surface area contributed by atoms with Crippen molar-refractivity contribution in [3.8, 4) is 0 Å². The van der Waals surface area contributed by atoms with E-state index in [-0.39, 0.29) is 20.2 Å². The lowest BCUT2D eigenvalue weighted by Crippen LogP contribution is -2.10. The molecule has 6 heteroatoms. The number of nitrogens with zero attached hydrogens (tertiary/aromatic N) is 1. The molecule has 0 aliphatic heterocycles. The Bertz CT molecular complexity index is 378. The van der Waals surface area contributed by atoms with E-state index in [1.165, 1.54) is 6.08 Å². The van der Waals surface area contributed by atoms with Crippen LogP contribution in [0.4, 0.5) is 0 Å². The van der Waals surface area contributed by atoms with Gasteiger partial charge in [-0.3, -0.25) is 0 Å². The van der Waals surface area contributed by atoms with Crippen LogP contribution in [0.1, 0.15) is 11.7 Å². The maximum Gasteiger partial charge on any atom is 0.149 e. The molecule has 0 radical (unpaired) electrons. The lowest BCUT2D eigenvalue weighted by atomic mass is 10.2. The molecule has 1 aromatic rings. The van der Waals surface area contributed by atoms with E-state index in [0.717, 1.165) is 0 Å². The molecule has 0 amide bonds. The van der Waals surface area contributed by atoms with E-state index in [4.69, 9.17) is 52.1 Å². The molecule has 0 spiro atoms. The van der Waals surface area contributed by atoms with Crippen molar-refractivity contribution in [2.45, 2.75) is 6.04 Å². The topological polar surface area (TPSA) is 38.9 Å². The Morgan fingerprint density at radius 3 is 2.21 bits per heavy atom. The van der Waals surface area contributed by atoms with Crippen LogP contribution >= 0.6 is 46.4 Å². The first-order chi connectivity index (χ1) is 6.49. The third kappa shape index (κ3) is 2.15. The first kappa shape index (κ1) is 12.1. The van der Waals surface area contributed by atoms with E-state index >= 15 is 0 Å². The van der Waals surface area contributed by atoms with Crippen LogP contribution in [-0.2, 0) is 0 Å². The van der Waals surface area contributed by atoms with Crippen molar-refractivity contribution in [3.05, 3.63) is 38.6 Å². The van der Waals surface area contributed by atoms with Crippen LogP contribution in [0.5, 0.6) is 0 Å². The van der Waals surface area contributed by atoms with Gasteiger partial charge in [-0.2, -0.15) is 0 Å². The van der Waals surface area contributed by atoms with Gasteiger partial charge in [0.25, 0.3) is 0 Å². The number of hydrogen-bond donors (Lipinski definition) is 1. The predicted molar refractivity (Wildman–Crippen MR) is 61.4 cm³/mol. The summed E-state index contributed by atoms with van der Waals surface area (Å²) in [6.45, 7) is 3.52. The van der Waals surface area contributed by atoms with Gasteiger partial charge >= 0.3 is 0 Å². The molecule has 0 aliphatic rings. The largest absolute Gasteiger partial charge is 0.319 e. The third-order valence-electron chi connectivity index (χ3n) is 1.58. The fraction of sp³-hybridized carbons (Fsp3) is 0.125. The Labute approximate surface area is 102 Å². The summed E-state index contributed by atoms with van der Waals surface area (Å²) >= 11 is 23.1. The highest BCUT2D eigenvalue weighted by molar-refractivity contribution is 6.51. The second-order valence-electron chi connectivity index (χ2n) is 2.49. The highest BCUT2D eigenvalue weighted by Gasteiger charge is 2.17. The molecule has 1 heterocycles. The highest BCUT2D eigenvalue weighted by Crippen LogP contribution is 2.37. The van der Waals surface area contributed by atoms with Crippen LogP contribution < -0.4 is 5.73 Å². The Hall–Kier alpha value is 0.01000. The average molecular weight is 272 g/mol. The van der Waals surface area contributed by atoms with Crippen LogP contribution in [0.15, 0.2) is 12.7 Å². The van der Waals surface area contributed by atoms with Gasteiger partial charge < -0.3 is 5.73 Å². The molecule has 0 fully saturated rings. The number of nitrogens with two attached hydrogens (primary N) is 1. The van der Waals surface area contributed by atoms with Crippen molar-refractivity contribution in [3.63, 3.8) is 0 Å². The van der Waals surface area contributed by atoms with Crippen molar-refractivity contribution in [1.29, 1.82) is 0 Å². The highest BCUT2D eigenvalue weighted by atomic mass is 35.5. The molecule has 76 valence electrons.